The van der Waals surface area contributed by atoms with E-state index in [1.807, 2.05) is 39.8 Å². The lowest BCUT2D eigenvalue weighted by atomic mass is 10.1. The summed E-state index contributed by atoms with van der Waals surface area (Å²) in [5.74, 6) is -0.263. The van der Waals surface area contributed by atoms with Gasteiger partial charge in [0.15, 0.2) is 0 Å². The predicted octanol–water partition coefficient (Wildman–Crippen LogP) is 5.68. The van der Waals surface area contributed by atoms with E-state index in [0.717, 1.165) is 18.2 Å². The maximum Gasteiger partial charge on any atom is 0.242 e. The molecule has 2 rings (SSSR count). The van der Waals surface area contributed by atoms with Crippen LogP contribution in [-0.4, -0.2) is 50.5 Å². The van der Waals surface area contributed by atoms with Crippen molar-refractivity contribution in [2.75, 3.05) is 23.7 Å². The molecular weight excluding hydrogens is 545 g/mol. The number of carbonyl (C=O) groups excluding carboxylic acids is 2. The molecule has 1 unspecified atom stereocenters. The summed E-state index contributed by atoms with van der Waals surface area (Å²) in [5.41, 5.74) is 2.22. The highest BCUT2D eigenvalue weighted by Crippen LogP contribution is 2.27. The normalized spacial score (nSPS) is 12.3. The molecule has 0 bridgehead atoms. The molecule has 1 atom stereocenters. The third-order valence-corrected chi connectivity index (χ3v) is 8.15. The second-order valence-electron chi connectivity index (χ2n) is 9.74. The van der Waals surface area contributed by atoms with Crippen LogP contribution in [0.15, 0.2) is 42.5 Å². The van der Waals surface area contributed by atoms with Crippen LogP contribution < -0.4 is 9.62 Å². The summed E-state index contributed by atoms with van der Waals surface area (Å²) in [6.45, 7) is 8.56. The molecule has 0 radical (unpaired) electrons. The molecule has 0 saturated heterocycles. The summed E-state index contributed by atoms with van der Waals surface area (Å²) in [7, 11) is -3.56. The summed E-state index contributed by atoms with van der Waals surface area (Å²) in [6, 6.07) is 11.7. The maximum atomic E-state index is 13.6. The van der Waals surface area contributed by atoms with Crippen LogP contribution in [0.1, 0.15) is 58.1 Å². The molecule has 0 saturated carbocycles. The summed E-state index contributed by atoms with van der Waals surface area (Å²) in [6.07, 6.45) is 2.73. The highest BCUT2D eigenvalue weighted by molar-refractivity contribution is 7.92. The molecule has 0 aliphatic rings. The Kier molecular flexibility index (Phi) is 12.4. The highest BCUT2D eigenvalue weighted by atomic mass is 35.5. The van der Waals surface area contributed by atoms with E-state index in [9.17, 15) is 18.0 Å². The van der Waals surface area contributed by atoms with Crippen LogP contribution in [0, 0.1) is 5.92 Å². The topological polar surface area (TPSA) is 86.8 Å². The van der Waals surface area contributed by atoms with Gasteiger partial charge in [-0.2, -0.15) is 0 Å². The molecule has 38 heavy (non-hydrogen) atoms. The Bertz CT molecular complexity index is 1170. The number of benzene rings is 2. The number of rotatable bonds is 14. The molecule has 0 aliphatic heterocycles. The number of hydrogen-bond acceptors (Lipinski definition) is 4. The fourth-order valence-electron chi connectivity index (χ4n) is 4.10. The van der Waals surface area contributed by atoms with E-state index in [1.165, 1.54) is 9.21 Å². The molecular formula is C28H39Cl2N3O4S. The fraction of sp³-hybridized carbons (Fsp3) is 0.500. The predicted molar refractivity (Wildman–Crippen MR) is 156 cm³/mol. The number of amides is 2. The van der Waals surface area contributed by atoms with E-state index in [2.05, 4.69) is 5.32 Å². The first-order valence-electron chi connectivity index (χ1n) is 13.0. The van der Waals surface area contributed by atoms with Crippen LogP contribution in [0.25, 0.3) is 0 Å². The first-order valence-corrected chi connectivity index (χ1v) is 15.6. The van der Waals surface area contributed by atoms with Crippen LogP contribution in [0.3, 0.4) is 0 Å². The maximum absolute atomic E-state index is 13.6. The van der Waals surface area contributed by atoms with Crippen LogP contribution in [0.5, 0.6) is 0 Å². The van der Waals surface area contributed by atoms with Gasteiger partial charge in [-0.3, -0.25) is 13.9 Å². The van der Waals surface area contributed by atoms with Crippen molar-refractivity contribution in [3.63, 3.8) is 0 Å². The second-order valence-corrected chi connectivity index (χ2v) is 12.5. The molecule has 0 aromatic heterocycles. The Morgan fingerprint density at radius 3 is 2.11 bits per heavy atom. The molecule has 0 heterocycles. The Morgan fingerprint density at radius 2 is 1.61 bits per heavy atom. The van der Waals surface area contributed by atoms with Crippen molar-refractivity contribution in [1.82, 2.24) is 10.2 Å². The minimum absolute atomic E-state index is 0.0507. The van der Waals surface area contributed by atoms with Gasteiger partial charge in [0.05, 0.1) is 11.9 Å². The monoisotopic (exact) mass is 583 g/mol. The van der Waals surface area contributed by atoms with Crippen molar-refractivity contribution in [1.29, 1.82) is 0 Å². The third kappa shape index (κ3) is 9.17. The lowest BCUT2D eigenvalue weighted by Gasteiger charge is -2.32. The second kappa shape index (κ2) is 14.8. The number of carbonyl (C=O) groups is 2. The van der Waals surface area contributed by atoms with E-state index < -0.39 is 16.1 Å². The van der Waals surface area contributed by atoms with Crippen molar-refractivity contribution in [3.8, 4) is 0 Å². The fourth-order valence-corrected chi connectivity index (χ4v) is 5.58. The van der Waals surface area contributed by atoms with Crippen molar-refractivity contribution < 1.29 is 18.0 Å². The number of nitrogens with one attached hydrogen (secondary N) is 1. The molecule has 2 aromatic carbocycles. The van der Waals surface area contributed by atoms with Crippen LogP contribution >= 0.6 is 23.2 Å². The first kappa shape index (κ1) is 31.9. The van der Waals surface area contributed by atoms with Gasteiger partial charge in [-0.15, -0.1) is 0 Å². The van der Waals surface area contributed by atoms with Gasteiger partial charge in [0, 0.05) is 41.7 Å². The van der Waals surface area contributed by atoms with Gasteiger partial charge < -0.3 is 10.2 Å². The minimum Gasteiger partial charge on any atom is -0.354 e. The third-order valence-electron chi connectivity index (χ3n) is 6.25. The quantitative estimate of drug-likeness (QED) is 0.310. The zero-order valence-electron chi connectivity index (χ0n) is 22.8. The molecule has 210 valence electrons. The molecule has 0 aliphatic carbocycles. The molecule has 7 nitrogen and oxygen atoms in total. The van der Waals surface area contributed by atoms with E-state index in [0.29, 0.717) is 34.3 Å². The van der Waals surface area contributed by atoms with Gasteiger partial charge in [0.1, 0.15) is 6.04 Å². The average molecular weight is 585 g/mol. The number of nitrogens with zero attached hydrogens (tertiary/aromatic N) is 2. The molecule has 0 fully saturated rings. The Hall–Kier alpha value is -2.29. The van der Waals surface area contributed by atoms with Gasteiger partial charge in [0.25, 0.3) is 0 Å². The Balaban J connectivity index is 2.26. The largest absolute Gasteiger partial charge is 0.354 e. The number of hydrogen-bond donors (Lipinski definition) is 1. The van der Waals surface area contributed by atoms with E-state index in [-0.39, 0.29) is 43.7 Å². The zero-order chi connectivity index (χ0) is 28.5. The summed E-state index contributed by atoms with van der Waals surface area (Å²) < 4.78 is 26.4. The smallest absolute Gasteiger partial charge is 0.242 e. The summed E-state index contributed by atoms with van der Waals surface area (Å²) >= 11 is 12.8. The van der Waals surface area contributed by atoms with Crippen molar-refractivity contribution in [2.45, 2.75) is 66.0 Å². The molecule has 10 heteroatoms. The zero-order valence-corrected chi connectivity index (χ0v) is 25.2. The van der Waals surface area contributed by atoms with Gasteiger partial charge in [-0.1, -0.05) is 69.1 Å². The number of sulfonamides is 1. The van der Waals surface area contributed by atoms with Crippen molar-refractivity contribution >= 4 is 50.7 Å². The standard InChI is InChI=1S/C28H39Cl2N3O4S/c1-6-21-13-15-22(16-14-21)33(38(5,36)37)17-9-12-27(34)32(19-23-24(29)10-8-11-25(23)30)26(7-2)28(35)31-18-20(3)4/h8,10-11,13-16,20,26H,6-7,9,12,17-19H2,1-5H3,(H,31,35). The Labute approximate surface area is 237 Å². The van der Waals surface area contributed by atoms with E-state index in [4.69, 9.17) is 23.2 Å². The number of aryl methyl sites for hydroxylation is 1. The molecule has 2 aromatic rings. The van der Waals surface area contributed by atoms with Gasteiger partial charge in [-0.05, 0) is 55.0 Å². The van der Waals surface area contributed by atoms with E-state index in [1.54, 1.807) is 30.3 Å². The average Bonchev–Trinajstić information content (AvgIpc) is 2.86. The van der Waals surface area contributed by atoms with Crippen LogP contribution in [0.4, 0.5) is 5.69 Å². The van der Waals surface area contributed by atoms with Gasteiger partial charge >= 0.3 is 0 Å². The molecule has 1 N–H and O–H groups in total. The molecule has 0 spiro atoms. The highest BCUT2D eigenvalue weighted by Gasteiger charge is 2.30. The number of anilines is 1. The van der Waals surface area contributed by atoms with Crippen LogP contribution in [0.2, 0.25) is 10.0 Å². The first-order chi connectivity index (χ1) is 17.9. The minimum atomic E-state index is -3.56. The van der Waals surface area contributed by atoms with Gasteiger partial charge in [-0.25, -0.2) is 8.42 Å². The SMILES string of the molecule is CCc1ccc(N(CCCC(=O)N(Cc2c(Cl)cccc2Cl)C(CC)C(=O)NCC(C)C)S(C)(=O)=O)cc1. The summed E-state index contributed by atoms with van der Waals surface area (Å²) in [5, 5.41) is 3.74. The van der Waals surface area contributed by atoms with Crippen molar-refractivity contribution in [3.05, 3.63) is 63.6 Å². The molecule has 2 amide bonds. The lowest BCUT2D eigenvalue weighted by Crippen LogP contribution is -2.49. The van der Waals surface area contributed by atoms with Crippen molar-refractivity contribution in [2.24, 2.45) is 5.92 Å². The number of halogens is 2. The van der Waals surface area contributed by atoms with Gasteiger partial charge in [0.2, 0.25) is 21.8 Å². The lowest BCUT2D eigenvalue weighted by molar-refractivity contribution is -0.141. The van der Waals surface area contributed by atoms with Crippen LogP contribution in [-0.2, 0) is 32.6 Å². The van der Waals surface area contributed by atoms with E-state index >= 15 is 0 Å². The summed E-state index contributed by atoms with van der Waals surface area (Å²) in [4.78, 5) is 28.1. The Morgan fingerprint density at radius 1 is 1.00 bits per heavy atom.